The summed E-state index contributed by atoms with van der Waals surface area (Å²) in [6.45, 7) is 0. The van der Waals surface area contributed by atoms with Gasteiger partial charge in [0.15, 0.2) is 5.00 Å². The molecule has 0 fully saturated rings. The van der Waals surface area contributed by atoms with Gasteiger partial charge >= 0.3 is 0 Å². The maximum Gasteiger partial charge on any atom is 0.192 e. The molecule has 1 N–H and O–H groups in total. The predicted octanol–water partition coefficient (Wildman–Crippen LogP) is 6.77. The highest BCUT2D eigenvalue weighted by Crippen LogP contribution is 2.40. The highest BCUT2D eigenvalue weighted by atomic mass is 32.1. The first-order valence-corrected chi connectivity index (χ1v) is 11.0. The van der Waals surface area contributed by atoms with E-state index < -0.39 is 0 Å². The second-order valence-corrected chi connectivity index (χ2v) is 9.01. The molecule has 3 aromatic carbocycles. The number of quaternary nitrogens is 1. The number of hydrogen-bond acceptors (Lipinski definition) is 2. The summed E-state index contributed by atoms with van der Waals surface area (Å²) >= 11 is 3.75. The number of benzene rings is 3. The highest BCUT2D eigenvalue weighted by Gasteiger charge is 2.15. The Bertz CT molecular complexity index is 1230. The molecule has 5 aromatic rings. The molecule has 5 rings (SSSR count). The van der Waals surface area contributed by atoms with Gasteiger partial charge in [0.2, 0.25) is 0 Å². The van der Waals surface area contributed by atoms with Gasteiger partial charge in [0.25, 0.3) is 0 Å². The van der Waals surface area contributed by atoms with E-state index in [1.54, 1.807) is 0 Å². The van der Waals surface area contributed by atoms with Gasteiger partial charge in [0, 0.05) is 15.8 Å². The molecule has 1 atom stereocenters. The molecule has 0 saturated carbocycles. The number of fused-ring (bicyclic) bond motifs is 1. The molecule has 1 nitrogen and oxygen atoms in total. The zero-order valence-electron chi connectivity index (χ0n) is 15.6. The van der Waals surface area contributed by atoms with E-state index in [4.69, 9.17) is 0 Å². The number of rotatable bonds is 4. The van der Waals surface area contributed by atoms with Crippen LogP contribution in [0.15, 0.2) is 97.1 Å². The van der Waals surface area contributed by atoms with Crippen LogP contribution in [-0.4, -0.2) is 7.05 Å². The zero-order valence-corrected chi connectivity index (χ0v) is 17.2. The average Bonchev–Trinajstić information content (AvgIpc) is 3.43. The Morgan fingerprint density at radius 3 is 2.14 bits per heavy atom. The van der Waals surface area contributed by atoms with Gasteiger partial charge in [-0.25, -0.2) is 0 Å². The summed E-state index contributed by atoms with van der Waals surface area (Å²) in [5.41, 5.74) is 2.61. The van der Waals surface area contributed by atoms with Crippen molar-refractivity contribution < 1.29 is 4.90 Å². The summed E-state index contributed by atoms with van der Waals surface area (Å²) in [6.07, 6.45) is 0. The number of para-hydroxylation sites is 1. The van der Waals surface area contributed by atoms with Crippen molar-refractivity contribution in [2.24, 2.45) is 0 Å². The van der Waals surface area contributed by atoms with Crippen LogP contribution in [0.2, 0.25) is 0 Å². The molecular formula is C25H20NS2+. The van der Waals surface area contributed by atoms with E-state index in [-0.39, 0.29) is 0 Å². The normalized spacial score (nSPS) is 12.3. The van der Waals surface area contributed by atoms with Gasteiger partial charge in [-0.2, -0.15) is 0 Å². The smallest absolute Gasteiger partial charge is 0.192 e. The quantitative estimate of drug-likeness (QED) is 0.340. The van der Waals surface area contributed by atoms with Crippen LogP contribution >= 0.6 is 22.7 Å². The van der Waals surface area contributed by atoms with Crippen LogP contribution in [0, 0.1) is 0 Å². The van der Waals surface area contributed by atoms with E-state index in [0.29, 0.717) is 0 Å². The lowest BCUT2D eigenvalue weighted by Crippen LogP contribution is -2.98. The van der Waals surface area contributed by atoms with Crippen molar-refractivity contribution in [3.05, 3.63) is 97.1 Å². The van der Waals surface area contributed by atoms with Crippen LogP contribution in [0.25, 0.3) is 31.0 Å². The van der Waals surface area contributed by atoms with Crippen LogP contribution in [0.5, 0.6) is 0 Å². The van der Waals surface area contributed by atoms with Crippen molar-refractivity contribution in [2.45, 2.75) is 0 Å². The van der Waals surface area contributed by atoms with Crippen molar-refractivity contribution >= 4 is 44.1 Å². The fourth-order valence-corrected chi connectivity index (χ4v) is 5.72. The molecule has 0 aliphatic rings. The molecule has 0 bridgehead atoms. The van der Waals surface area contributed by atoms with Crippen LogP contribution < -0.4 is 4.90 Å². The topological polar surface area (TPSA) is 4.44 Å². The third-order valence-corrected chi connectivity index (χ3v) is 7.61. The molecule has 0 amide bonds. The van der Waals surface area contributed by atoms with Gasteiger partial charge in [-0.15, -0.1) is 11.3 Å². The van der Waals surface area contributed by atoms with Gasteiger partial charge in [0.05, 0.1) is 11.9 Å². The average molecular weight is 399 g/mol. The standard InChI is InChI=1S/C25H19NS2/c1-26(19-10-3-2-4-11-19)25-17-16-24(28-25)23-15-14-22(27-23)21-13-7-9-18-8-5-6-12-20(18)21/h2-17H,1H3/p+1. The molecule has 0 saturated heterocycles. The van der Waals surface area contributed by atoms with Crippen molar-refractivity contribution in [1.29, 1.82) is 0 Å². The molecule has 0 radical (unpaired) electrons. The lowest BCUT2D eigenvalue weighted by atomic mass is 10.0. The van der Waals surface area contributed by atoms with Crippen molar-refractivity contribution in [3.8, 4) is 20.2 Å². The fourth-order valence-electron chi connectivity index (χ4n) is 3.56. The van der Waals surface area contributed by atoms with Crippen molar-refractivity contribution in [1.82, 2.24) is 0 Å². The second kappa shape index (κ2) is 7.36. The second-order valence-electron chi connectivity index (χ2n) is 6.85. The number of nitrogens with one attached hydrogen (secondary N) is 1. The monoisotopic (exact) mass is 398 g/mol. The zero-order chi connectivity index (χ0) is 18.9. The van der Waals surface area contributed by atoms with E-state index in [1.165, 1.54) is 46.6 Å². The lowest BCUT2D eigenvalue weighted by molar-refractivity contribution is -0.731. The summed E-state index contributed by atoms with van der Waals surface area (Å²) in [5.74, 6) is 0. The first-order valence-electron chi connectivity index (χ1n) is 9.37. The Labute approximate surface area is 173 Å². The molecule has 0 aliphatic heterocycles. The minimum atomic E-state index is 1.29. The lowest BCUT2D eigenvalue weighted by Gasteiger charge is -2.09. The molecule has 0 aliphatic carbocycles. The summed E-state index contributed by atoms with van der Waals surface area (Å²) in [7, 11) is 2.21. The van der Waals surface area contributed by atoms with Gasteiger partial charge in [-0.1, -0.05) is 72.0 Å². The van der Waals surface area contributed by atoms with E-state index in [2.05, 4.69) is 104 Å². The maximum absolute atomic E-state index is 2.26. The Balaban J connectivity index is 1.48. The summed E-state index contributed by atoms with van der Waals surface area (Å²) < 4.78 is 0. The van der Waals surface area contributed by atoms with E-state index in [1.807, 2.05) is 22.7 Å². The van der Waals surface area contributed by atoms with E-state index in [0.717, 1.165) is 0 Å². The van der Waals surface area contributed by atoms with Gasteiger partial charge in [0.1, 0.15) is 5.69 Å². The van der Waals surface area contributed by atoms with Crippen LogP contribution in [0.4, 0.5) is 10.7 Å². The van der Waals surface area contributed by atoms with E-state index >= 15 is 0 Å². The Hall–Kier alpha value is -2.72. The Morgan fingerprint density at radius 1 is 0.571 bits per heavy atom. The molecule has 2 aromatic heterocycles. The first kappa shape index (κ1) is 17.4. The minimum absolute atomic E-state index is 1.29. The molecule has 0 spiro atoms. The van der Waals surface area contributed by atoms with Crippen LogP contribution in [-0.2, 0) is 0 Å². The third kappa shape index (κ3) is 3.18. The molecule has 28 heavy (non-hydrogen) atoms. The molecular weight excluding hydrogens is 378 g/mol. The Morgan fingerprint density at radius 2 is 1.25 bits per heavy atom. The van der Waals surface area contributed by atoms with E-state index in [9.17, 15) is 0 Å². The molecule has 136 valence electrons. The third-order valence-electron chi connectivity index (χ3n) is 5.09. The molecule has 3 heteroatoms. The first-order chi connectivity index (χ1) is 13.8. The summed E-state index contributed by atoms with van der Waals surface area (Å²) in [5, 5.41) is 3.95. The van der Waals surface area contributed by atoms with Gasteiger partial charge < -0.3 is 0 Å². The van der Waals surface area contributed by atoms with Crippen molar-refractivity contribution in [3.63, 3.8) is 0 Å². The summed E-state index contributed by atoms with van der Waals surface area (Å²) in [6, 6.07) is 34.8. The molecule has 2 heterocycles. The van der Waals surface area contributed by atoms with Crippen LogP contribution in [0.1, 0.15) is 0 Å². The predicted molar refractivity (Wildman–Crippen MR) is 123 cm³/mol. The minimum Gasteiger partial charge on any atom is -0.264 e. The fraction of sp³-hybridized carbons (Fsp3) is 0.0400. The SMILES string of the molecule is C[NH+](c1ccccc1)c1ccc(-c2ccc(-c3cccc4ccccc34)s2)s1. The van der Waals surface area contributed by atoms with Gasteiger partial charge in [-0.05, 0) is 46.7 Å². The number of hydrogen-bond donors (Lipinski definition) is 1. The summed E-state index contributed by atoms with van der Waals surface area (Å²) in [4.78, 5) is 5.33. The van der Waals surface area contributed by atoms with Crippen molar-refractivity contribution in [2.75, 3.05) is 7.05 Å². The highest BCUT2D eigenvalue weighted by molar-refractivity contribution is 7.25. The largest absolute Gasteiger partial charge is 0.264 e. The Kier molecular flexibility index (Phi) is 4.57. The van der Waals surface area contributed by atoms with Gasteiger partial charge in [-0.3, -0.25) is 4.90 Å². The number of thiophene rings is 2. The van der Waals surface area contributed by atoms with Crippen LogP contribution in [0.3, 0.4) is 0 Å². The maximum atomic E-state index is 2.26. The molecule has 1 unspecified atom stereocenters.